The van der Waals surface area contributed by atoms with Crippen molar-refractivity contribution < 1.29 is 0 Å². The van der Waals surface area contributed by atoms with Crippen LogP contribution < -0.4 is 10.5 Å². The van der Waals surface area contributed by atoms with Crippen molar-refractivity contribution in [2.75, 3.05) is 4.90 Å². The van der Waals surface area contributed by atoms with E-state index in [0.29, 0.717) is 18.0 Å². The molecule has 0 atom stereocenters. The third kappa shape index (κ3) is 8.74. The molecule has 55 heavy (non-hydrogen) atoms. The largest absolute Gasteiger partial charge is 0.333 e. The summed E-state index contributed by atoms with van der Waals surface area (Å²) in [6.07, 6.45) is 1.92. The number of halogens is 1. The lowest BCUT2D eigenvalue weighted by Gasteiger charge is -2.24. The Kier molecular flexibility index (Phi) is 13.1. The van der Waals surface area contributed by atoms with Crippen molar-refractivity contribution in [1.29, 1.82) is 0 Å². The molecule has 0 aliphatic carbocycles. The number of aromatic nitrogens is 6. The van der Waals surface area contributed by atoms with Crippen LogP contribution in [0.3, 0.4) is 0 Å². The molecule has 1 aliphatic rings. The Morgan fingerprint density at radius 1 is 0.727 bits per heavy atom. The molecule has 4 aromatic heterocycles. The van der Waals surface area contributed by atoms with E-state index < -0.39 is 0 Å². The van der Waals surface area contributed by atoms with Crippen molar-refractivity contribution in [2.24, 2.45) is 0 Å². The van der Waals surface area contributed by atoms with Gasteiger partial charge in [0.1, 0.15) is 11.5 Å². The number of benzene rings is 3. The van der Waals surface area contributed by atoms with Gasteiger partial charge in [-0.15, -0.1) is 0 Å². The van der Waals surface area contributed by atoms with Gasteiger partial charge in [0.2, 0.25) is 0 Å². The Bertz CT molecular complexity index is 2460. The zero-order chi connectivity index (χ0) is 38.7. The third-order valence-electron chi connectivity index (χ3n) is 9.01. The zero-order valence-corrected chi connectivity index (χ0v) is 33.8. The summed E-state index contributed by atoms with van der Waals surface area (Å²) in [6.45, 7) is 21.1. The highest BCUT2D eigenvalue weighted by Crippen LogP contribution is 2.47. The fourth-order valence-electron chi connectivity index (χ4n) is 6.63. The molecule has 286 valence electrons. The molecular weight excluding hydrogens is 722 g/mol. The summed E-state index contributed by atoms with van der Waals surface area (Å²) in [5.74, 6) is 1.66. The summed E-state index contributed by atoms with van der Waals surface area (Å²) in [5.41, 5.74) is 7.95. The van der Waals surface area contributed by atoms with E-state index in [2.05, 4.69) is 87.0 Å². The van der Waals surface area contributed by atoms with Crippen LogP contribution in [0.5, 0.6) is 0 Å². The van der Waals surface area contributed by atoms with Crippen LogP contribution in [0.4, 0.5) is 5.69 Å². The standard InChI is InChI=1S/C20H18N4O.C13H18N2.C11H12ClNS.CH4/c1-14(2)24-18(25)12-11-16(21-24)19-17-10-6-7-13-23(17)22-20(19)15-8-4-3-5-9-15;1-9(2)13-14-11-7-5-6-8-12(11)15(13)10(3)4;1-7(2)13-8(3)14-11-5-4-9(12)6-10(11)13;/h3-14H,1-2H3;5-10H,1-4H3;4-7H,3H2,1-2H3;1H4. The van der Waals surface area contributed by atoms with E-state index in [1.165, 1.54) is 26.6 Å². The minimum atomic E-state index is -0.100. The normalized spacial score (nSPS) is 12.2. The predicted octanol–water partition coefficient (Wildman–Crippen LogP) is 12.3. The van der Waals surface area contributed by atoms with Crippen molar-refractivity contribution >= 4 is 45.6 Å². The number of nitrogens with zero attached hydrogens (tertiary/aromatic N) is 7. The minimum absolute atomic E-state index is 0. The second-order valence-electron chi connectivity index (χ2n) is 14.4. The smallest absolute Gasteiger partial charge is 0.267 e. The summed E-state index contributed by atoms with van der Waals surface area (Å²) in [5, 5.41) is 11.2. The SMILES string of the molecule is C.C=C1Sc2ccc(Cl)cc2N1C(C)C.CC(C)c1nc2ccccc2n1C(C)C.CC(C)n1nc(-c2c(-c3ccccc3)nn3ccccc23)ccc1=O. The number of imidazole rings is 1. The van der Waals surface area contributed by atoms with E-state index >= 15 is 0 Å². The van der Waals surface area contributed by atoms with Crippen molar-refractivity contribution in [3.05, 3.63) is 142 Å². The van der Waals surface area contributed by atoms with Gasteiger partial charge in [0.25, 0.3) is 5.56 Å². The molecule has 7 aromatic rings. The van der Waals surface area contributed by atoms with Gasteiger partial charge in [-0.1, -0.05) is 99.7 Å². The van der Waals surface area contributed by atoms with Crippen LogP contribution in [0, 0.1) is 0 Å². The van der Waals surface area contributed by atoms with Crippen LogP contribution in [-0.4, -0.2) is 35.0 Å². The molecule has 0 unspecified atom stereocenters. The number of thioether (sulfide) groups is 1. The van der Waals surface area contributed by atoms with Crippen molar-refractivity contribution in [3.63, 3.8) is 0 Å². The zero-order valence-electron chi connectivity index (χ0n) is 32.2. The quantitative estimate of drug-likeness (QED) is 0.168. The Labute approximate surface area is 334 Å². The molecule has 0 radical (unpaired) electrons. The molecule has 8 nitrogen and oxygen atoms in total. The minimum Gasteiger partial charge on any atom is -0.333 e. The lowest BCUT2D eigenvalue weighted by Crippen LogP contribution is -2.25. The third-order valence-corrected chi connectivity index (χ3v) is 10.2. The van der Waals surface area contributed by atoms with Gasteiger partial charge >= 0.3 is 0 Å². The number of hydrogen-bond donors (Lipinski definition) is 0. The van der Waals surface area contributed by atoms with E-state index in [4.69, 9.17) is 21.7 Å². The van der Waals surface area contributed by atoms with Crippen molar-refractivity contribution in [2.45, 2.75) is 91.8 Å². The lowest BCUT2D eigenvalue weighted by molar-refractivity contribution is 0.505. The fraction of sp³-hybridized carbons (Fsp3) is 0.289. The molecule has 3 aromatic carbocycles. The van der Waals surface area contributed by atoms with Gasteiger partial charge in [-0.2, -0.15) is 10.2 Å². The van der Waals surface area contributed by atoms with Crippen LogP contribution in [0.2, 0.25) is 5.02 Å². The molecule has 8 rings (SSSR count). The van der Waals surface area contributed by atoms with E-state index in [1.807, 2.05) is 91.3 Å². The Hall–Kier alpha value is -5.12. The molecule has 0 bridgehead atoms. The lowest BCUT2D eigenvalue weighted by atomic mass is 10.0. The molecule has 0 fully saturated rings. The number of para-hydroxylation sites is 2. The van der Waals surface area contributed by atoms with E-state index in [0.717, 1.165) is 43.6 Å². The fourth-order valence-corrected chi connectivity index (χ4v) is 7.86. The first kappa shape index (κ1) is 41.1. The number of rotatable bonds is 6. The number of hydrogen-bond acceptors (Lipinski definition) is 6. The van der Waals surface area contributed by atoms with Gasteiger partial charge in [-0.3, -0.25) is 4.79 Å². The first-order valence-corrected chi connectivity index (χ1v) is 19.6. The summed E-state index contributed by atoms with van der Waals surface area (Å²) in [4.78, 5) is 20.2. The summed E-state index contributed by atoms with van der Waals surface area (Å²) in [7, 11) is 0. The van der Waals surface area contributed by atoms with Gasteiger partial charge in [-0.05, 0) is 90.1 Å². The Balaban J connectivity index is 0.000000167. The summed E-state index contributed by atoms with van der Waals surface area (Å²) < 4.78 is 5.70. The number of anilines is 1. The Morgan fingerprint density at radius 3 is 2.07 bits per heavy atom. The maximum absolute atomic E-state index is 12.1. The topological polar surface area (TPSA) is 73.2 Å². The molecular formula is C45H52ClN7OS. The highest BCUT2D eigenvalue weighted by Gasteiger charge is 2.26. The highest BCUT2D eigenvalue weighted by atomic mass is 35.5. The molecule has 0 saturated carbocycles. The van der Waals surface area contributed by atoms with Gasteiger partial charge in [0.15, 0.2) is 0 Å². The Morgan fingerprint density at radius 2 is 1.40 bits per heavy atom. The average molecular weight is 774 g/mol. The second kappa shape index (κ2) is 17.6. The molecule has 0 N–H and O–H groups in total. The van der Waals surface area contributed by atoms with Gasteiger partial charge in [0, 0.05) is 45.7 Å². The summed E-state index contributed by atoms with van der Waals surface area (Å²) in [6, 6.07) is 34.5. The second-order valence-corrected chi connectivity index (χ2v) is 15.9. The molecule has 0 saturated heterocycles. The molecule has 0 spiro atoms. The van der Waals surface area contributed by atoms with Crippen molar-refractivity contribution in [3.8, 4) is 22.5 Å². The maximum Gasteiger partial charge on any atom is 0.267 e. The molecule has 5 heterocycles. The predicted molar refractivity (Wildman–Crippen MR) is 234 cm³/mol. The van der Waals surface area contributed by atoms with Gasteiger partial charge in [-0.25, -0.2) is 14.2 Å². The number of pyridine rings is 1. The monoisotopic (exact) mass is 773 g/mol. The van der Waals surface area contributed by atoms with Crippen LogP contribution in [-0.2, 0) is 0 Å². The highest BCUT2D eigenvalue weighted by molar-refractivity contribution is 8.03. The molecule has 0 amide bonds. The number of fused-ring (bicyclic) bond motifs is 3. The summed E-state index contributed by atoms with van der Waals surface area (Å²) >= 11 is 7.68. The van der Waals surface area contributed by atoms with Crippen LogP contribution >= 0.6 is 23.4 Å². The van der Waals surface area contributed by atoms with Gasteiger partial charge in [0.05, 0.1) is 44.6 Å². The maximum atomic E-state index is 12.1. The average Bonchev–Trinajstić information content (AvgIpc) is 3.83. The van der Waals surface area contributed by atoms with E-state index in [-0.39, 0.29) is 19.0 Å². The molecule has 10 heteroatoms. The first-order chi connectivity index (χ1) is 25.8. The first-order valence-electron chi connectivity index (χ1n) is 18.4. The van der Waals surface area contributed by atoms with Gasteiger partial charge < -0.3 is 9.47 Å². The van der Waals surface area contributed by atoms with Crippen LogP contribution in [0.25, 0.3) is 39.1 Å². The van der Waals surface area contributed by atoms with Crippen molar-refractivity contribution in [1.82, 2.24) is 28.9 Å². The van der Waals surface area contributed by atoms with E-state index in [1.54, 1.807) is 23.9 Å². The van der Waals surface area contributed by atoms with Crippen LogP contribution in [0.15, 0.2) is 131 Å². The molecule has 1 aliphatic heterocycles. The van der Waals surface area contributed by atoms with E-state index in [9.17, 15) is 4.79 Å². The van der Waals surface area contributed by atoms with Crippen LogP contribution in [0.1, 0.15) is 86.6 Å².